The van der Waals surface area contributed by atoms with E-state index in [1.807, 2.05) is 12.1 Å². The third-order valence-corrected chi connectivity index (χ3v) is 7.30. The van der Waals surface area contributed by atoms with Gasteiger partial charge in [0.15, 0.2) is 0 Å². The molecule has 1 fully saturated rings. The molecule has 1 aromatic heterocycles. The van der Waals surface area contributed by atoms with Gasteiger partial charge in [0.2, 0.25) is 0 Å². The summed E-state index contributed by atoms with van der Waals surface area (Å²) in [5.74, 6) is 0. The molecule has 5 nitrogen and oxygen atoms in total. The average Bonchev–Trinajstić information content (AvgIpc) is 3.38. The zero-order chi connectivity index (χ0) is 18.7. The van der Waals surface area contributed by atoms with Gasteiger partial charge in [0, 0.05) is 35.8 Å². The van der Waals surface area contributed by atoms with E-state index in [9.17, 15) is 8.42 Å². The number of sulfonamides is 1. The van der Waals surface area contributed by atoms with Crippen LogP contribution in [0.4, 0.5) is 22.7 Å². The van der Waals surface area contributed by atoms with Crippen molar-refractivity contribution >= 4 is 44.1 Å². The van der Waals surface area contributed by atoms with Gasteiger partial charge in [-0.2, -0.15) is 0 Å². The molecule has 0 saturated carbocycles. The first kappa shape index (κ1) is 17.9. The Hall–Kier alpha value is -2.51. The Kier molecular flexibility index (Phi) is 5.05. The first-order valence-electron chi connectivity index (χ1n) is 8.89. The molecule has 1 saturated heterocycles. The van der Waals surface area contributed by atoms with E-state index < -0.39 is 10.0 Å². The molecule has 0 bridgehead atoms. The van der Waals surface area contributed by atoms with E-state index in [1.54, 1.807) is 29.6 Å². The highest BCUT2D eigenvalue weighted by Gasteiger charge is 2.15. The Balaban J connectivity index is 1.40. The van der Waals surface area contributed by atoms with Crippen molar-refractivity contribution in [3.05, 3.63) is 66.0 Å². The number of nitrogens with one attached hydrogen (secondary N) is 2. The summed E-state index contributed by atoms with van der Waals surface area (Å²) in [6.07, 6.45) is 2.53. The Morgan fingerprint density at radius 1 is 0.815 bits per heavy atom. The van der Waals surface area contributed by atoms with Crippen molar-refractivity contribution in [2.75, 3.05) is 28.0 Å². The summed E-state index contributed by atoms with van der Waals surface area (Å²) in [6.45, 7) is 2.27. The van der Waals surface area contributed by atoms with Gasteiger partial charge < -0.3 is 10.2 Å². The van der Waals surface area contributed by atoms with Crippen LogP contribution in [0.2, 0.25) is 0 Å². The van der Waals surface area contributed by atoms with Gasteiger partial charge in [-0.1, -0.05) is 6.07 Å². The molecule has 0 spiro atoms. The summed E-state index contributed by atoms with van der Waals surface area (Å²) in [5.41, 5.74) is 3.71. The summed E-state index contributed by atoms with van der Waals surface area (Å²) >= 11 is 1.20. The standard InChI is InChI=1S/C20H21N3O2S2/c24-27(25,20-4-3-15-26-20)22-18-7-5-16(6-8-18)21-17-9-11-19(12-10-17)23-13-1-2-14-23/h3-12,15,21-22H,1-2,13-14H2. The maximum absolute atomic E-state index is 12.3. The molecule has 4 rings (SSSR count). The second kappa shape index (κ2) is 7.62. The maximum Gasteiger partial charge on any atom is 0.271 e. The molecule has 0 aliphatic carbocycles. The molecule has 0 amide bonds. The third-order valence-electron chi connectivity index (χ3n) is 4.52. The highest BCUT2D eigenvalue weighted by molar-refractivity contribution is 7.94. The van der Waals surface area contributed by atoms with Gasteiger partial charge in [-0.3, -0.25) is 4.72 Å². The van der Waals surface area contributed by atoms with Crippen LogP contribution in [0.5, 0.6) is 0 Å². The average molecular weight is 400 g/mol. The molecule has 140 valence electrons. The molecule has 3 aromatic rings. The normalized spacial score (nSPS) is 14.3. The number of benzene rings is 2. The molecule has 1 aliphatic rings. The molecule has 27 heavy (non-hydrogen) atoms. The van der Waals surface area contributed by atoms with Crippen molar-refractivity contribution in [2.24, 2.45) is 0 Å². The van der Waals surface area contributed by atoms with Crippen LogP contribution in [0.25, 0.3) is 0 Å². The maximum atomic E-state index is 12.3. The minimum atomic E-state index is -3.51. The van der Waals surface area contributed by atoms with Crippen molar-refractivity contribution in [1.29, 1.82) is 0 Å². The van der Waals surface area contributed by atoms with Gasteiger partial charge in [-0.05, 0) is 72.8 Å². The van der Waals surface area contributed by atoms with Crippen LogP contribution in [0.1, 0.15) is 12.8 Å². The minimum absolute atomic E-state index is 0.308. The highest BCUT2D eigenvalue weighted by Crippen LogP contribution is 2.25. The van der Waals surface area contributed by atoms with Crippen LogP contribution in [-0.4, -0.2) is 21.5 Å². The summed E-state index contributed by atoms with van der Waals surface area (Å²) in [7, 11) is -3.51. The zero-order valence-electron chi connectivity index (χ0n) is 14.8. The van der Waals surface area contributed by atoms with Crippen LogP contribution in [0.3, 0.4) is 0 Å². The van der Waals surface area contributed by atoms with Crippen molar-refractivity contribution in [2.45, 2.75) is 17.1 Å². The SMILES string of the molecule is O=S(=O)(Nc1ccc(Nc2ccc(N3CCCC3)cc2)cc1)c1cccs1. The Morgan fingerprint density at radius 3 is 2.00 bits per heavy atom. The summed E-state index contributed by atoms with van der Waals surface area (Å²) in [6, 6.07) is 19.0. The van der Waals surface area contributed by atoms with Crippen molar-refractivity contribution < 1.29 is 8.42 Å². The molecule has 2 aromatic carbocycles. The van der Waals surface area contributed by atoms with E-state index in [0.29, 0.717) is 9.90 Å². The van der Waals surface area contributed by atoms with Crippen LogP contribution in [0.15, 0.2) is 70.3 Å². The van der Waals surface area contributed by atoms with Gasteiger partial charge in [-0.15, -0.1) is 11.3 Å². The van der Waals surface area contributed by atoms with Crippen LogP contribution < -0.4 is 14.9 Å². The van der Waals surface area contributed by atoms with Gasteiger partial charge in [-0.25, -0.2) is 8.42 Å². The molecule has 2 heterocycles. The second-order valence-corrected chi connectivity index (χ2v) is 9.34. The van der Waals surface area contributed by atoms with E-state index in [0.717, 1.165) is 24.5 Å². The number of rotatable bonds is 6. The lowest BCUT2D eigenvalue weighted by atomic mass is 10.2. The van der Waals surface area contributed by atoms with Crippen LogP contribution in [0, 0.1) is 0 Å². The largest absolute Gasteiger partial charge is 0.372 e. The summed E-state index contributed by atoms with van der Waals surface area (Å²) in [4.78, 5) is 2.40. The molecule has 0 radical (unpaired) electrons. The number of hydrogen-bond acceptors (Lipinski definition) is 5. The second-order valence-electron chi connectivity index (χ2n) is 6.48. The smallest absolute Gasteiger partial charge is 0.271 e. The minimum Gasteiger partial charge on any atom is -0.372 e. The van der Waals surface area contributed by atoms with Crippen LogP contribution in [-0.2, 0) is 10.0 Å². The molecule has 0 unspecified atom stereocenters. The fourth-order valence-corrected chi connectivity index (χ4v) is 5.19. The number of anilines is 4. The van der Waals surface area contributed by atoms with Gasteiger partial charge in [0.1, 0.15) is 4.21 Å². The third kappa shape index (κ3) is 4.26. The summed E-state index contributed by atoms with van der Waals surface area (Å²) < 4.78 is 27.4. The van der Waals surface area contributed by atoms with E-state index >= 15 is 0 Å². The quantitative estimate of drug-likeness (QED) is 0.619. The first-order valence-corrected chi connectivity index (χ1v) is 11.2. The lowest BCUT2D eigenvalue weighted by Crippen LogP contribution is -2.17. The van der Waals surface area contributed by atoms with E-state index in [4.69, 9.17) is 0 Å². The Morgan fingerprint density at radius 2 is 1.41 bits per heavy atom. The number of nitrogens with zero attached hydrogens (tertiary/aromatic N) is 1. The molecule has 1 aliphatic heterocycles. The lowest BCUT2D eigenvalue weighted by Gasteiger charge is -2.18. The highest BCUT2D eigenvalue weighted by atomic mass is 32.2. The van der Waals surface area contributed by atoms with Crippen molar-refractivity contribution in [3.63, 3.8) is 0 Å². The van der Waals surface area contributed by atoms with Gasteiger partial charge >= 0.3 is 0 Å². The molecule has 2 N–H and O–H groups in total. The van der Waals surface area contributed by atoms with E-state index in [-0.39, 0.29) is 0 Å². The zero-order valence-corrected chi connectivity index (χ0v) is 16.4. The van der Waals surface area contributed by atoms with E-state index in [1.165, 1.54) is 29.9 Å². The molecular weight excluding hydrogens is 378 g/mol. The van der Waals surface area contributed by atoms with Gasteiger partial charge in [0.05, 0.1) is 0 Å². The van der Waals surface area contributed by atoms with Crippen molar-refractivity contribution in [3.8, 4) is 0 Å². The first-order chi connectivity index (χ1) is 13.1. The van der Waals surface area contributed by atoms with Gasteiger partial charge in [0.25, 0.3) is 10.0 Å². The Bertz CT molecular complexity index is 977. The van der Waals surface area contributed by atoms with Crippen molar-refractivity contribution in [1.82, 2.24) is 0 Å². The fraction of sp³-hybridized carbons (Fsp3) is 0.200. The molecular formula is C20H21N3O2S2. The fourth-order valence-electron chi connectivity index (χ4n) is 3.14. The monoisotopic (exact) mass is 399 g/mol. The topological polar surface area (TPSA) is 61.4 Å². The van der Waals surface area contributed by atoms with E-state index in [2.05, 4.69) is 39.2 Å². The predicted molar refractivity (Wildman–Crippen MR) is 113 cm³/mol. The number of hydrogen-bond donors (Lipinski definition) is 2. The predicted octanol–water partition coefficient (Wildman–Crippen LogP) is 4.89. The Labute approximate surface area is 163 Å². The molecule has 0 atom stereocenters. The summed E-state index contributed by atoms with van der Waals surface area (Å²) in [5, 5.41) is 5.09. The van der Waals surface area contributed by atoms with Crippen LogP contribution >= 0.6 is 11.3 Å². The number of thiophene rings is 1. The lowest BCUT2D eigenvalue weighted by molar-refractivity contribution is 0.603. The molecule has 7 heteroatoms.